The number of rotatable bonds is 19. The van der Waals surface area contributed by atoms with E-state index < -0.39 is 228 Å². The molecule has 11 aliphatic rings. The standard InChI is InChI=1S/C61H100O32/c1-21(18-81-53-46(77)43(74)40(71)32(15-62)86-53)8-11-61(80)22(2)36-31(93-61)13-28-26-7-6-24-12-25(9-10-59(24,4)27(26)14-35(67)60(28,36)5)85-57-51(91-56-47(78)42(73)37(68)23(3)84-56)48(79)49(34(17-64)88-57)89-58-52(92-55-45(76)39(70)30(66)20-83-55)50(41(72)33(16-63)87-58)90-54-44(75)38(69)29(65)19-82-54/h21-34,36-58,62-66,68-80H,6-20H2,1-5H3/t21-,22-,23-,24-,25-,26+,27-,28-,29+,30-,31-,32+,33+,34+,36-,37-,38-,39-,40+,41+,42+,43-,44+,45+,46+,47+,48-,49-,50-,51+,52+,53+,54-,55-,56-,57+,58-,59-,60+,61+/m0/s1. The van der Waals surface area contributed by atoms with Gasteiger partial charge in [-0.3, -0.25) is 4.79 Å². The molecule has 0 bridgehead atoms. The summed E-state index contributed by atoms with van der Waals surface area (Å²) in [6.45, 7) is 5.98. The summed E-state index contributed by atoms with van der Waals surface area (Å²) in [5.41, 5.74) is -1.13. The third-order valence-electron chi connectivity index (χ3n) is 23.4. The average molecular weight is 1350 g/mol. The van der Waals surface area contributed by atoms with Crippen LogP contribution in [0.5, 0.6) is 0 Å². The SMILES string of the molecule is C[C@@H](CC[C@@]1(O)O[C@H]2C[C@H]3[C@@H]4CC[C@H]5C[C@@H](O[C@@H]6O[C@H](CO)[C@H](O[C@@H]7O[C@H](CO)[C@@H](O)[C@H](O[C@@H]8OC[C@@H](O)[C@H](O)[C@H]8O)[C@H]7O[C@@H]7OC[C@H](O)[C@H](O)[C@H]7O)[C@H](O)[C@H]6O[C@@H]6O[C@@H](C)[C@H](O)[C@@H](O)[C@H]6O)CC[C@]5(C)[C@H]4CC(=O)[C@]3(C)[C@H]2[C@@H]1C)CO[C@@H]1O[C@H](CO)[C@@H](O)[C@H](O)[C@H]1O. The molecule has 0 aromatic carbocycles. The van der Waals surface area contributed by atoms with Crippen molar-refractivity contribution in [1.29, 1.82) is 0 Å². The van der Waals surface area contributed by atoms with Crippen molar-refractivity contribution < 1.29 is 158 Å². The van der Waals surface area contributed by atoms with Gasteiger partial charge in [-0.15, -0.1) is 0 Å². The van der Waals surface area contributed by atoms with Gasteiger partial charge in [0.2, 0.25) is 0 Å². The number of hydrogen-bond donors (Lipinski definition) is 18. The number of Topliss-reactive ketones (excluding diaryl/α,β-unsaturated/α-hetero) is 1. The molecule has 0 radical (unpaired) electrons. The molecule has 4 aliphatic carbocycles. The molecule has 32 nitrogen and oxygen atoms in total. The fourth-order valence-electron chi connectivity index (χ4n) is 17.6. The van der Waals surface area contributed by atoms with Crippen LogP contribution < -0.4 is 0 Å². The quantitative estimate of drug-likeness (QED) is 0.0535. The maximum atomic E-state index is 15.0. The van der Waals surface area contributed by atoms with Crippen LogP contribution in [0, 0.1) is 52.3 Å². The first-order valence-corrected chi connectivity index (χ1v) is 33.0. The van der Waals surface area contributed by atoms with E-state index in [1.54, 1.807) is 0 Å². The first kappa shape index (κ1) is 72.7. The molecule has 0 spiro atoms. The minimum atomic E-state index is -2.00. The van der Waals surface area contributed by atoms with Crippen molar-refractivity contribution >= 4 is 5.78 Å². The molecule has 40 atom stereocenters. The number of aliphatic hydroxyl groups is 18. The van der Waals surface area contributed by atoms with Crippen LogP contribution in [0.1, 0.15) is 92.4 Å². The number of carbonyl (C=O) groups is 1. The van der Waals surface area contributed by atoms with Gasteiger partial charge in [0.15, 0.2) is 43.5 Å². The summed E-state index contributed by atoms with van der Waals surface area (Å²) in [6.07, 6.45) is -44.1. The number of ether oxygens (including phenoxy) is 13. The molecule has 11 fully saturated rings. The van der Waals surface area contributed by atoms with Crippen LogP contribution in [0.25, 0.3) is 0 Å². The zero-order chi connectivity index (χ0) is 67.2. The third-order valence-corrected chi connectivity index (χ3v) is 23.4. The van der Waals surface area contributed by atoms with Crippen LogP contribution >= 0.6 is 0 Å². The monoisotopic (exact) mass is 1340 g/mol. The summed E-state index contributed by atoms with van der Waals surface area (Å²) < 4.78 is 78.9. The van der Waals surface area contributed by atoms with Crippen LogP contribution in [-0.2, 0) is 66.4 Å². The van der Waals surface area contributed by atoms with Gasteiger partial charge in [-0.2, -0.15) is 0 Å². The molecule has 7 heterocycles. The summed E-state index contributed by atoms with van der Waals surface area (Å²) in [5, 5.41) is 195. The van der Waals surface area contributed by atoms with Crippen molar-refractivity contribution in [2.75, 3.05) is 39.6 Å². The molecule has 7 aliphatic heterocycles. The Morgan fingerprint density at radius 1 is 0.538 bits per heavy atom. The van der Waals surface area contributed by atoms with E-state index in [0.717, 1.165) is 12.8 Å². The zero-order valence-electron chi connectivity index (χ0n) is 52.7. The van der Waals surface area contributed by atoms with E-state index in [1.807, 2.05) is 20.8 Å². The molecule has 0 aromatic rings. The first-order valence-electron chi connectivity index (χ1n) is 33.0. The highest BCUT2D eigenvalue weighted by molar-refractivity contribution is 5.87. The highest BCUT2D eigenvalue weighted by Crippen LogP contribution is 2.70. The molecule has 11 rings (SSSR count). The Bertz CT molecular complexity index is 2480. The maximum absolute atomic E-state index is 15.0. The molecule has 4 saturated carbocycles. The average Bonchev–Trinajstić information content (AvgIpc) is 1.56. The topological polar surface area (TPSA) is 501 Å². The number of carbonyl (C=O) groups excluding carboxylic acids is 1. The van der Waals surface area contributed by atoms with Gasteiger partial charge in [0.1, 0.15) is 134 Å². The van der Waals surface area contributed by atoms with Gasteiger partial charge in [0, 0.05) is 30.1 Å². The Balaban J connectivity index is 0.782. The minimum Gasteiger partial charge on any atom is -0.394 e. The van der Waals surface area contributed by atoms with Crippen molar-refractivity contribution in [3.05, 3.63) is 0 Å². The summed E-state index contributed by atoms with van der Waals surface area (Å²) in [7, 11) is 0. The predicted octanol–water partition coefficient (Wildman–Crippen LogP) is -6.82. The molecule has 0 amide bonds. The number of hydrogen-bond acceptors (Lipinski definition) is 32. The Kier molecular flexibility index (Phi) is 22.5. The van der Waals surface area contributed by atoms with Gasteiger partial charge in [-0.25, -0.2) is 0 Å². The van der Waals surface area contributed by atoms with Crippen molar-refractivity contribution in [2.24, 2.45) is 52.3 Å². The van der Waals surface area contributed by atoms with E-state index in [0.29, 0.717) is 38.5 Å². The van der Waals surface area contributed by atoms with Gasteiger partial charge in [-0.05, 0) is 86.9 Å². The second kappa shape index (κ2) is 28.8. The van der Waals surface area contributed by atoms with E-state index in [-0.39, 0.29) is 65.8 Å². The maximum Gasteiger partial charge on any atom is 0.187 e. The predicted molar refractivity (Wildman–Crippen MR) is 304 cm³/mol. The van der Waals surface area contributed by atoms with E-state index in [1.165, 1.54) is 6.92 Å². The largest absolute Gasteiger partial charge is 0.394 e. The van der Waals surface area contributed by atoms with Crippen molar-refractivity contribution in [3.8, 4) is 0 Å². The van der Waals surface area contributed by atoms with Crippen LogP contribution in [0.3, 0.4) is 0 Å². The molecule has 93 heavy (non-hydrogen) atoms. The third kappa shape index (κ3) is 13.4. The lowest BCUT2D eigenvalue weighted by atomic mass is 9.44. The molecular formula is C61H100O32. The van der Waals surface area contributed by atoms with E-state index in [4.69, 9.17) is 61.6 Å². The Morgan fingerprint density at radius 2 is 1.09 bits per heavy atom. The van der Waals surface area contributed by atoms with Crippen LogP contribution in [0.15, 0.2) is 0 Å². The summed E-state index contributed by atoms with van der Waals surface area (Å²) in [5.74, 6) is -2.15. The highest BCUT2D eigenvalue weighted by Gasteiger charge is 2.71. The van der Waals surface area contributed by atoms with Gasteiger partial charge in [-0.1, -0.05) is 27.7 Å². The molecule has 32 heteroatoms. The van der Waals surface area contributed by atoms with Crippen LogP contribution in [0.4, 0.5) is 0 Å². The highest BCUT2D eigenvalue weighted by atomic mass is 16.8. The molecule has 7 saturated heterocycles. The summed E-state index contributed by atoms with van der Waals surface area (Å²) in [4.78, 5) is 15.0. The van der Waals surface area contributed by atoms with Gasteiger partial charge in [0.25, 0.3) is 0 Å². The lowest BCUT2D eigenvalue weighted by Crippen LogP contribution is -2.68. The molecular weight excluding hydrogens is 1240 g/mol. The summed E-state index contributed by atoms with van der Waals surface area (Å²) in [6, 6.07) is 0. The van der Waals surface area contributed by atoms with Gasteiger partial charge in [0.05, 0.1) is 58.0 Å². The van der Waals surface area contributed by atoms with Crippen molar-refractivity contribution in [3.63, 3.8) is 0 Å². The molecule has 0 unspecified atom stereocenters. The second-order valence-corrected chi connectivity index (χ2v) is 28.8. The molecule has 0 aromatic heterocycles. The second-order valence-electron chi connectivity index (χ2n) is 28.8. The number of fused-ring (bicyclic) bond motifs is 7. The van der Waals surface area contributed by atoms with E-state index >= 15 is 4.79 Å². The fraction of sp³-hybridized carbons (Fsp3) is 0.984. The van der Waals surface area contributed by atoms with Gasteiger partial charge < -0.3 is 153 Å². The van der Waals surface area contributed by atoms with Crippen LogP contribution in [-0.4, -0.2) is 327 Å². The number of ketones is 1. The lowest BCUT2D eigenvalue weighted by Gasteiger charge is -2.60. The molecule has 536 valence electrons. The Hall–Kier alpha value is -1.57. The van der Waals surface area contributed by atoms with Crippen molar-refractivity contribution in [2.45, 2.75) is 282 Å². The molecule has 18 N–H and O–H groups in total. The van der Waals surface area contributed by atoms with Crippen LogP contribution in [0.2, 0.25) is 0 Å². The summed E-state index contributed by atoms with van der Waals surface area (Å²) >= 11 is 0. The normalized spacial score (nSPS) is 55.4. The Labute approximate surface area is 537 Å². The van der Waals surface area contributed by atoms with E-state index in [9.17, 15) is 91.9 Å². The van der Waals surface area contributed by atoms with Gasteiger partial charge >= 0.3 is 0 Å². The van der Waals surface area contributed by atoms with Crippen molar-refractivity contribution in [1.82, 2.24) is 0 Å². The number of aliphatic hydroxyl groups excluding tert-OH is 17. The van der Waals surface area contributed by atoms with E-state index in [2.05, 4.69) is 6.92 Å². The fourth-order valence-corrected chi connectivity index (χ4v) is 17.6. The minimum absolute atomic E-state index is 0.00902. The zero-order valence-corrected chi connectivity index (χ0v) is 52.7. The lowest BCUT2D eigenvalue weighted by molar-refractivity contribution is -0.408. The first-order chi connectivity index (χ1) is 44.0. The smallest absolute Gasteiger partial charge is 0.187 e. The Morgan fingerprint density at radius 3 is 1.73 bits per heavy atom.